The van der Waals surface area contributed by atoms with E-state index in [4.69, 9.17) is 9.47 Å². The van der Waals surface area contributed by atoms with Crippen molar-refractivity contribution in [3.8, 4) is 5.75 Å². The van der Waals surface area contributed by atoms with Crippen LogP contribution in [0.1, 0.15) is 13.8 Å². The molecule has 0 saturated carbocycles. The molecule has 174 valence electrons. The first kappa shape index (κ1) is 23.0. The predicted octanol–water partition coefficient (Wildman–Crippen LogP) is 2.82. The Labute approximate surface area is 193 Å². The first-order chi connectivity index (χ1) is 15.9. The number of sulfonamides is 1. The minimum absolute atomic E-state index is 0.172. The summed E-state index contributed by atoms with van der Waals surface area (Å²) in [7, 11) is -3.60. The maximum Gasteiger partial charge on any atom is 0.282 e. The normalized spacial score (nSPS) is 18.5. The summed E-state index contributed by atoms with van der Waals surface area (Å²) in [5.74, 6) is 0.378. The van der Waals surface area contributed by atoms with Gasteiger partial charge in [-0.2, -0.15) is 14.4 Å². The predicted molar refractivity (Wildman–Crippen MR) is 126 cm³/mol. The maximum absolute atomic E-state index is 13.0. The zero-order chi connectivity index (χ0) is 23.4. The molecule has 0 bridgehead atoms. The number of benzene rings is 2. The van der Waals surface area contributed by atoms with Gasteiger partial charge in [-0.05, 0) is 50.2 Å². The van der Waals surface area contributed by atoms with E-state index in [0.717, 1.165) is 5.69 Å². The summed E-state index contributed by atoms with van der Waals surface area (Å²) in [5.41, 5.74) is 2.18. The number of hydrogen-bond acceptors (Lipinski definition) is 7. The van der Waals surface area contributed by atoms with E-state index in [-0.39, 0.29) is 10.8 Å². The molecule has 2 aliphatic heterocycles. The van der Waals surface area contributed by atoms with Crippen molar-refractivity contribution in [3.05, 3.63) is 60.3 Å². The van der Waals surface area contributed by atoms with E-state index in [1.807, 2.05) is 31.2 Å². The lowest BCUT2D eigenvalue weighted by atomic mass is 10.2. The molecule has 0 spiro atoms. The number of carbonyl (C=O) groups excluding carboxylic acids is 1. The monoisotopic (exact) mass is 470 g/mol. The summed E-state index contributed by atoms with van der Waals surface area (Å²) in [5, 5.41) is 8.75. The van der Waals surface area contributed by atoms with Gasteiger partial charge in [0.15, 0.2) is 0 Å². The van der Waals surface area contributed by atoms with E-state index in [1.54, 1.807) is 25.3 Å². The fourth-order valence-electron chi connectivity index (χ4n) is 3.57. The van der Waals surface area contributed by atoms with Gasteiger partial charge in [-0.1, -0.05) is 12.1 Å². The molecule has 4 rings (SSSR count). The quantitative estimate of drug-likeness (QED) is 0.625. The molecule has 0 aliphatic carbocycles. The second-order valence-corrected chi connectivity index (χ2v) is 9.38. The second kappa shape index (κ2) is 9.74. The van der Waals surface area contributed by atoms with Crippen LogP contribution in [-0.4, -0.2) is 57.3 Å². The Morgan fingerprint density at radius 3 is 2.52 bits per heavy atom. The maximum atomic E-state index is 13.0. The van der Waals surface area contributed by atoms with Crippen molar-refractivity contribution in [2.24, 2.45) is 5.10 Å². The fraction of sp³-hybridized carbons (Fsp3) is 0.304. The molecule has 2 heterocycles. The summed E-state index contributed by atoms with van der Waals surface area (Å²) >= 11 is 0. The number of rotatable bonds is 7. The molecular formula is C23H26N4O5S. The van der Waals surface area contributed by atoms with E-state index >= 15 is 0 Å². The summed E-state index contributed by atoms with van der Waals surface area (Å²) in [6.45, 7) is 5.59. The first-order valence-corrected chi connectivity index (χ1v) is 12.1. The summed E-state index contributed by atoms with van der Waals surface area (Å²) in [6.07, 6.45) is 1.61. The van der Waals surface area contributed by atoms with Gasteiger partial charge < -0.3 is 14.8 Å². The molecule has 2 aliphatic rings. The van der Waals surface area contributed by atoms with Crippen LogP contribution in [0.2, 0.25) is 0 Å². The second-order valence-electron chi connectivity index (χ2n) is 7.44. The standard InChI is InChI=1S/C23H26N4O5S/c1-3-32-22-7-5-4-6-21(22)24-16-20-17(2)25-27(23(20)28)18-8-10-19(11-9-18)33(29,30)26-12-14-31-15-13-26/h4-11,16,24H,3,12-15H2,1-2H3. The fourth-order valence-corrected chi connectivity index (χ4v) is 4.98. The van der Waals surface area contributed by atoms with Crippen molar-refractivity contribution in [2.45, 2.75) is 18.7 Å². The average molecular weight is 471 g/mol. The lowest BCUT2D eigenvalue weighted by Crippen LogP contribution is -2.40. The van der Waals surface area contributed by atoms with Gasteiger partial charge in [-0.25, -0.2) is 8.42 Å². The Morgan fingerprint density at radius 2 is 1.82 bits per heavy atom. The number of anilines is 2. The average Bonchev–Trinajstić information content (AvgIpc) is 3.12. The molecule has 2 aromatic carbocycles. The lowest BCUT2D eigenvalue weighted by Gasteiger charge is -2.26. The molecule has 0 radical (unpaired) electrons. The smallest absolute Gasteiger partial charge is 0.282 e. The van der Waals surface area contributed by atoms with Crippen molar-refractivity contribution >= 4 is 33.0 Å². The Bertz CT molecular complexity index is 1190. The number of carbonyl (C=O) groups is 1. The molecule has 2 aromatic rings. The molecule has 10 heteroatoms. The third kappa shape index (κ3) is 4.77. The number of hydrogen-bond donors (Lipinski definition) is 1. The number of ether oxygens (including phenoxy) is 2. The largest absolute Gasteiger partial charge is 0.492 e. The van der Waals surface area contributed by atoms with Crippen molar-refractivity contribution in [2.75, 3.05) is 43.2 Å². The number of nitrogens with zero attached hydrogens (tertiary/aromatic N) is 3. The Morgan fingerprint density at radius 1 is 1.12 bits per heavy atom. The van der Waals surface area contributed by atoms with Gasteiger partial charge in [0, 0.05) is 19.3 Å². The first-order valence-electron chi connectivity index (χ1n) is 10.7. The minimum Gasteiger partial charge on any atom is -0.492 e. The summed E-state index contributed by atoms with van der Waals surface area (Å²) in [4.78, 5) is 13.2. The van der Waals surface area contributed by atoms with E-state index in [1.165, 1.54) is 21.4 Å². The number of amides is 1. The van der Waals surface area contributed by atoms with Gasteiger partial charge in [-0.15, -0.1) is 0 Å². The highest BCUT2D eigenvalue weighted by molar-refractivity contribution is 7.89. The molecule has 1 N–H and O–H groups in total. The van der Waals surface area contributed by atoms with Crippen LogP contribution < -0.4 is 15.1 Å². The van der Waals surface area contributed by atoms with Gasteiger partial charge in [-0.3, -0.25) is 4.79 Å². The zero-order valence-electron chi connectivity index (χ0n) is 18.5. The highest BCUT2D eigenvalue weighted by Gasteiger charge is 2.30. The van der Waals surface area contributed by atoms with E-state index in [2.05, 4.69) is 10.4 Å². The van der Waals surface area contributed by atoms with Gasteiger partial charge >= 0.3 is 0 Å². The molecule has 9 nitrogen and oxygen atoms in total. The van der Waals surface area contributed by atoms with Gasteiger partial charge in [0.1, 0.15) is 5.75 Å². The number of hydrazone groups is 1. The van der Waals surface area contributed by atoms with Crippen molar-refractivity contribution in [1.29, 1.82) is 0 Å². The van der Waals surface area contributed by atoms with E-state index in [0.29, 0.717) is 55.6 Å². The lowest BCUT2D eigenvalue weighted by molar-refractivity contribution is -0.114. The van der Waals surface area contributed by atoms with Gasteiger partial charge in [0.25, 0.3) is 5.91 Å². The summed E-state index contributed by atoms with van der Waals surface area (Å²) < 4.78 is 37.9. The molecule has 0 unspecified atom stereocenters. The summed E-state index contributed by atoms with van der Waals surface area (Å²) in [6, 6.07) is 13.6. The Hall–Kier alpha value is -3.21. The highest BCUT2D eigenvalue weighted by Crippen LogP contribution is 2.28. The van der Waals surface area contributed by atoms with Gasteiger partial charge in [0.2, 0.25) is 10.0 Å². The Kier molecular flexibility index (Phi) is 6.77. The zero-order valence-corrected chi connectivity index (χ0v) is 19.3. The Balaban J connectivity index is 1.51. The third-order valence-corrected chi connectivity index (χ3v) is 7.22. The van der Waals surface area contributed by atoms with Crippen molar-refractivity contribution in [3.63, 3.8) is 0 Å². The highest BCUT2D eigenvalue weighted by atomic mass is 32.2. The molecule has 0 aromatic heterocycles. The molecule has 0 atom stereocenters. The van der Waals surface area contributed by atoms with Crippen LogP contribution in [0.25, 0.3) is 0 Å². The van der Waals surface area contributed by atoms with E-state index in [9.17, 15) is 13.2 Å². The molecule has 1 fully saturated rings. The van der Waals surface area contributed by atoms with Crippen LogP contribution in [0.4, 0.5) is 11.4 Å². The molecule has 33 heavy (non-hydrogen) atoms. The number of morpholine rings is 1. The minimum atomic E-state index is -3.60. The topological polar surface area (TPSA) is 101 Å². The third-order valence-electron chi connectivity index (χ3n) is 5.31. The van der Waals surface area contributed by atoms with Crippen LogP contribution >= 0.6 is 0 Å². The van der Waals surface area contributed by atoms with Crippen LogP contribution in [0.5, 0.6) is 5.75 Å². The van der Waals surface area contributed by atoms with E-state index < -0.39 is 10.0 Å². The van der Waals surface area contributed by atoms with Crippen molar-refractivity contribution < 1.29 is 22.7 Å². The van der Waals surface area contributed by atoms with Crippen LogP contribution in [0.15, 0.2) is 70.3 Å². The van der Waals surface area contributed by atoms with Gasteiger partial charge in [0.05, 0.1) is 47.4 Å². The molecule has 1 amide bonds. The molecule has 1 saturated heterocycles. The molecular weight excluding hydrogens is 444 g/mol. The van der Waals surface area contributed by atoms with Crippen LogP contribution in [-0.2, 0) is 19.6 Å². The SMILES string of the molecule is CCOc1ccccc1NC=C1C(=O)N(c2ccc(S(=O)(=O)N3CCOCC3)cc2)N=C1C. The van der Waals surface area contributed by atoms with Crippen molar-refractivity contribution in [1.82, 2.24) is 4.31 Å². The number of nitrogens with one attached hydrogen (secondary N) is 1. The van der Waals surface area contributed by atoms with Crippen LogP contribution in [0.3, 0.4) is 0 Å². The van der Waals surface area contributed by atoms with Crippen LogP contribution in [0, 0.1) is 0 Å². The number of para-hydroxylation sites is 2.